The lowest BCUT2D eigenvalue weighted by atomic mass is 10.1. The Kier molecular flexibility index (Phi) is 5.26. The Bertz CT molecular complexity index is 611. The second-order valence-electron chi connectivity index (χ2n) is 5.07. The number of hydrogen-bond donors (Lipinski definition) is 1. The van der Waals surface area contributed by atoms with E-state index in [-0.39, 0.29) is 0 Å². The maximum absolute atomic E-state index is 5.46. The van der Waals surface area contributed by atoms with Gasteiger partial charge in [-0.25, -0.2) is 4.98 Å². The van der Waals surface area contributed by atoms with Crippen LogP contribution in [-0.2, 0) is 6.42 Å². The van der Waals surface area contributed by atoms with E-state index in [0.29, 0.717) is 0 Å². The summed E-state index contributed by atoms with van der Waals surface area (Å²) >= 11 is 0. The molecule has 0 spiro atoms. The number of ether oxygens (including phenoxy) is 2. The van der Waals surface area contributed by atoms with Crippen LogP contribution in [0.5, 0.6) is 11.5 Å². The van der Waals surface area contributed by atoms with Gasteiger partial charge >= 0.3 is 0 Å². The number of anilines is 1. The van der Waals surface area contributed by atoms with Crippen molar-refractivity contribution in [2.45, 2.75) is 33.1 Å². The van der Waals surface area contributed by atoms with Gasteiger partial charge in [0.15, 0.2) is 0 Å². The number of aromatic nitrogens is 1. The summed E-state index contributed by atoms with van der Waals surface area (Å²) in [5.41, 5.74) is 2.12. The minimum absolute atomic E-state index is 0.743. The van der Waals surface area contributed by atoms with Gasteiger partial charge in [-0.3, -0.25) is 0 Å². The van der Waals surface area contributed by atoms with Crippen molar-refractivity contribution in [3.8, 4) is 11.5 Å². The molecule has 0 aliphatic rings. The molecule has 0 fully saturated rings. The van der Waals surface area contributed by atoms with Crippen molar-refractivity contribution >= 4 is 16.7 Å². The fourth-order valence-corrected chi connectivity index (χ4v) is 2.40. The molecule has 21 heavy (non-hydrogen) atoms. The largest absolute Gasteiger partial charge is 0.497 e. The van der Waals surface area contributed by atoms with Crippen molar-refractivity contribution in [2.75, 3.05) is 26.1 Å². The van der Waals surface area contributed by atoms with Crippen LogP contribution in [0.4, 0.5) is 5.82 Å². The highest BCUT2D eigenvalue weighted by molar-refractivity contribution is 5.88. The standard InChI is InChI=1S/C17H24N2O2/c1-5-7-12-9-13-10-14(20-3)11-15(21-4)16(13)19-17(12)18-8-6-2/h9-11H,5-8H2,1-4H3,(H,18,19). The van der Waals surface area contributed by atoms with Gasteiger partial charge in [0.1, 0.15) is 22.8 Å². The smallest absolute Gasteiger partial charge is 0.148 e. The molecular formula is C17H24N2O2. The molecule has 0 unspecified atom stereocenters. The molecule has 0 saturated carbocycles. The average Bonchev–Trinajstić information content (AvgIpc) is 2.51. The minimum Gasteiger partial charge on any atom is -0.497 e. The van der Waals surface area contributed by atoms with Crippen molar-refractivity contribution in [3.05, 3.63) is 23.8 Å². The van der Waals surface area contributed by atoms with Crippen LogP contribution in [0.2, 0.25) is 0 Å². The number of pyridine rings is 1. The van der Waals surface area contributed by atoms with Gasteiger partial charge in [0.05, 0.1) is 14.2 Å². The lowest BCUT2D eigenvalue weighted by molar-refractivity contribution is 0.397. The fraction of sp³-hybridized carbons (Fsp3) is 0.471. The van der Waals surface area contributed by atoms with Crippen LogP contribution in [0.25, 0.3) is 10.9 Å². The topological polar surface area (TPSA) is 43.4 Å². The Hall–Kier alpha value is -1.97. The van der Waals surface area contributed by atoms with Crippen molar-refractivity contribution in [1.29, 1.82) is 0 Å². The van der Waals surface area contributed by atoms with Gasteiger partial charge in [-0.2, -0.15) is 0 Å². The number of rotatable bonds is 7. The molecule has 1 aromatic heterocycles. The van der Waals surface area contributed by atoms with E-state index < -0.39 is 0 Å². The molecule has 0 radical (unpaired) electrons. The van der Waals surface area contributed by atoms with Gasteiger partial charge in [0.25, 0.3) is 0 Å². The van der Waals surface area contributed by atoms with Crippen LogP contribution in [-0.4, -0.2) is 25.7 Å². The summed E-state index contributed by atoms with van der Waals surface area (Å²) in [6.07, 6.45) is 3.18. The van der Waals surface area contributed by atoms with E-state index in [1.807, 2.05) is 12.1 Å². The van der Waals surface area contributed by atoms with E-state index in [1.165, 1.54) is 5.56 Å². The molecule has 114 valence electrons. The molecular weight excluding hydrogens is 264 g/mol. The van der Waals surface area contributed by atoms with Gasteiger partial charge in [0.2, 0.25) is 0 Å². The number of benzene rings is 1. The second kappa shape index (κ2) is 7.16. The number of nitrogens with one attached hydrogen (secondary N) is 1. The van der Waals surface area contributed by atoms with E-state index in [0.717, 1.165) is 54.0 Å². The molecule has 0 atom stereocenters. The maximum atomic E-state index is 5.46. The summed E-state index contributed by atoms with van der Waals surface area (Å²) in [6, 6.07) is 6.07. The van der Waals surface area contributed by atoms with Crippen LogP contribution in [0.1, 0.15) is 32.3 Å². The molecule has 1 N–H and O–H groups in total. The first-order valence-electron chi connectivity index (χ1n) is 7.53. The van der Waals surface area contributed by atoms with Crippen molar-refractivity contribution in [3.63, 3.8) is 0 Å². The van der Waals surface area contributed by atoms with Crippen LogP contribution >= 0.6 is 0 Å². The zero-order chi connectivity index (χ0) is 15.2. The molecule has 0 aliphatic carbocycles. The first-order chi connectivity index (χ1) is 10.2. The highest BCUT2D eigenvalue weighted by Crippen LogP contribution is 2.32. The summed E-state index contributed by atoms with van der Waals surface area (Å²) in [6.45, 7) is 5.26. The van der Waals surface area contributed by atoms with Crippen LogP contribution < -0.4 is 14.8 Å². The first-order valence-corrected chi connectivity index (χ1v) is 7.53. The summed E-state index contributed by atoms with van der Waals surface area (Å²) in [4.78, 5) is 4.79. The Morgan fingerprint density at radius 1 is 1.05 bits per heavy atom. The number of hydrogen-bond acceptors (Lipinski definition) is 4. The number of methoxy groups -OCH3 is 2. The molecule has 4 heteroatoms. The predicted octanol–water partition coefficient (Wildman–Crippen LogP) is 4.03. The Balaban J connectivity index is 2.58. The molecule has 1 heterocycles. The monoisotopic (exact) mass is 288 g/mol. The molecule has 4 nitrogen and oxygen atoms in total. The molecule has 0 aliphatic heterocycles. The van der Waals surface area contributed by atoms with Crippen molar-refractivity contribution in [2.24, 2.45) is 0 Å². The third-order valence-corrected chi connectivity index (χ3v) is 3.45. The molecule has 0 amide bonds. The summed E-state index contributed by atoms with van der Waals surface area (Å²) < 4.78 is 10.8. The predicted molar refractivity (Wildman–Crippen MR) is 87.6 cm³/mol. The van der Waals surface area contributed by atoms with Gasteiger partial charge in [0, 0.05) is 18.0 Å². The Labute approximate surface area is 126 Å². The van der Waals surface area contributed by atoms with Crippen molar-refractivity contribution in [1.82, 2.24) is 4.98 Å². The fourth-order valence-electron chi connectivity index (χ4n) is 2.40. The normalized spacial score (nSPS) is 10.7. The number of fused-ring (bicyclic) bond motifs is 1. The van der Waals surface area contributed by atoms with Gasteiger partial charge in [-0.15, -0.1) is 0 Å². The second-order valence-corrected chi connectivity index (χ2v) is 5.07. The maximum Gasteiger partial charge on any atom is 0.148 e. The van der Waals surface area contributed by atoms with Crippen LogP contribution in [0.3, 0.4) is 0 Å². The van der Waals surface area contributed by atoms with Crippen molar-refractivity contribution < 1.29 is 9.47 Å². The number of aryl methyl sites for hydroxylation is 1. The van der Waals surface area contributed by atoms with E-state index in [1.54, 1.807) is 14.2 Å². The first kappa shape index (κ1) is 15.4. The Morgan fingerprint density at radius 3 is 2.48 bits per heavy atom. The minimum atomic E-state index is 0.743. The third-order valence-electron chi connectivity index (χ3n) is 3.45. The molecule has 1 aromatic carbocycles. The highest BCUT2D eigenvalue weighted by atomic mass is 16.5. The van der Waals surface area contributed by atoms with Gasteiger partial charge < -0.3 is 14.8 Å². The van der Waals surface area contributed by atoms with E-state index >= 15 is 0 Å². The quantitative estimate of drug-likeness (QED) is 0.835. The van der Waals surface area contributed by atoms with Crippen LogP contribution in [0.15, 0.2) is 18.2 Å². The van der Waals surface area contributed by atoms with Gasteiger partial charge in [-0.1, -0.05) is 20.3 Å². The summed E-state index contributed by atoms with van der Waals surface area (Å²) in [5, 5.41) is 4.47. The summed E-state index contributed by atoms with van der Waals surface area (Å²) in [7, 11) is 3.33. The van der Waals surface area contributed by atoms with E-state index in [2.05, 4.69) is 25.2 Å². The number of nitrogens with zero attached hydrogens (tertiary/aromatic N) is 1. The van der Waals surface area contributed by atoms with E-state index in [4.69, 9.17) is 14.5 Å². The molecule has 2 aromatic rings. The highest BCUT2D eigenvalue weighted by Gasteiger charge is 2.11. The lowest BCUT2D eigenvalue weighted by Crippen LogP contribution is -2.06. The molecule has 0 bridgehead atoms. The SMILES string of the molecule is CCCNc1nc2c(OC)cc(OC)cc2cc1CCC. The zero-order valence-electron chi connectivity index (χ0n) is 13.3. The lowest BCUT2D eigenvalue weighted by Gasteiger charge is -2.14. The van der Waals surface area contributed by atoms with Gasteiger partial charge in [-0.05, 0) is 30.5 Å². The molecule has 0 saturated heterocycles. The summed E-state index contributed by atoms with van der Waals surface area (Å²) in [5.74, 6) is 2.50. The average molecular weight is 288 g/mol. The van der Waals surface area contributed by atoms with E-state index in [9.17, 15) is 0 Å². The molecule has 2 rings (SSSR count). The Morgan fingerprint density at radius 2 is 1.86 bits per heavy atom. The third kappa shape index (κ3) is 3.38. The zero-order valence-corrected chi connectivity index (χ0v) is 13.3. The van der Waals surface area contributed by atoms with Crippen LogP contribution in [0, 0.1) is 0 Å².